The second kappa shape index (κ2) is 7.27. The molecule has 5 aromatic carbocycles. The molecule has 0 amide bonds. The number of nitrogens with zero attached hydrogens (tertiary/aromatic N) is 3. The molecule has 0 atom stereocenters. The minimum absolute atomic E-state index is 0.834. The zero-order chi connectivity index (χ0) is 23.6. The van der Waals surface area contributed by atoms with Crippen LogP contribution in [0.2, 0.25) is 0 Å². The summed E-state index contributed by atoms with van der Waals surface area (Å²) in [7, 11) is 0. The average molecular weight is 462 g/mol. The van der Waals surface area contributed by atoms with E-state index in [9.17, 15) is 0 Å². The first-order chi connectivity index (χ1) is 17.9. The van der Waals surface area contributed by atoms with Crippen LogP contribution in [0.1, 0.15) is 0 Å². The van der Waals surface area contributed by atoms with E-state index in [1.165, 1.54) is 0 Å². The lowest BCUT2D eigenvalue weighted by atomic mass is 9.94. The fraction of sp³-hybridized carbons (Fsp3) is 0. The van der Waals surface area contributed by atoms with Gasteiger partial charge in [-0.2, -0.15) is 0 Å². The van der Waals surface area contributed by atoms with E-state index in [1.54, 1.807) is 0 Å². The molecule has 0 radical (unpaired) electrons. The molecule has 3 heterocycles. The number of fused-ring (bicyclic) bond motifs is 7. The summed E-state index contributed by atoms with van der Waals surface area (Å²) in [5.74, 6) is 0.834. The molecule has 8 rings (SSSR count). The zero-order valence-electron chi connectivity index (χ0n) is 19.2. The minimum atomic E-state index is 0.834. The highest BCUT2D eigenvalue weighted by atomic mass is 16.3. The summed E-state index contributed by atoms with van der Waals surface area (Å²) in [5, 5.41) is 16.0. The van der Waals surface area contributed by atoms with E-state index in [0.29, 0.717) is 0 Å². The molecular weight excluding hydrogens is 442 g/mol. The van der Waals surface area contributed by atoms with Crippen LogP contribution in [0.5, 0.6) is 0 Å². The van der Waals surface area contributed by atoms with Gasteiger partial charge in [0.1, 0.15) is 11.2 Å². The van der Waals surface area contributed by atoms with E-state index in [1.807, 2.05) is 24.3 Å². The van der Waals surface area contributed by atoms with Gasteiger partial charge in [0.2, 0.25) is 0 Å². The summed E-state index contributed by atoms with van der Waals surface area (Å²) < 4.78 is 8.45. The van der Waals surface area contributed by atoms with Crippen molar-refractivity contribution in [2.24, 2.45) is 0 Å². The number of pyridine rings is 1. The molecule has 8 aromatic rings. The number of hydrogen-bond acceptors (Lipinski definition) is 3. The summed E-state index contributed by atoms with van der Waals surface area (Å²) in [4.78, 5) is 0. The summed E-state index contributed by atoms with van der Waals surface area (Å²) >= 11 is 0. The third kappa shape index (κ3) is 2.64. The van der Waals surface area contributed by atoms with Gasteiger partial charge in [0.05, 0.1) is 0 Å². The first-order valence-corrected chi connectivity index (χ1v) is 12.0. The van der Waals surface area contributed by atoms with Crippen molar-refractivity contribution in [3.05, 3.63) is 115 Å². The Labute approximate surface area is 206 Å². The van der Waals surface area contributed by atoms with E-state index < -0.39 is 0 Å². The van der Waals surface area contributed by atoms with Gasteiger partial charge in [-0.25, -0.2) is 0 Å². The third-order valence-electron chi connectivity index (χ3n) is 7.16. The topological polar surface area (TPSA) is 43.3 Å². The van der Waals surface area contributed by atoms with Crippen LogP contribution in [0.15, 0.2) is 120 Å². The van der Waals surface area contributed by atoms with Crippen molar-refractivity contribution in [3.8, 4) is 22.5 Å². The summed E-state index contributed by atoms with van der Waals surface area (Å²) in [6.45, 7) is 0. The molecule has 0 saturated carbocycles. The number of furan rings is 1. The quantitative estimate of drug-likeness (QED) is 0.260. The van der Waals surface area contributed by atoms with E-state index in [-0.39, 0.29) is 0 Å². The number of benzene rings is 5. The van der Waals surface area contributed by atoms with Crippen LogP contribution in [0.3, 0.4) is 0 Å². The number of hydrogen-bond donors (Lipinski definition) is 0. The lowest BCUT2D eigenvalue weighted by Crippen LogP contribution is -1.92. The Morgan fingerprint density at radius 2 is 1.17 bits per heavy atom. The fourth-order valence-corrected chi connectivity index (χ4v) is 5.50. The van der Waals surface area contributed by atoms with Crippen LogP contribution in [0.4, 0.5) is 0 Å². The van der Waals surface area contributed by atoms with E-state index in [2.05, 4.69) is 106 Å². The molecule has 3 aromatic heterocycles. The first-order valence-electron chi connectivity index (χ1n) is 12.0. The Balaban J connectivity index is 1.40. The smallest absolute Gasteiger partial charge is 0.168 e. The fourth-order valence-electron chi connectivity index (χ4n) is 5.50. The van der Waals surface area contributed by atoms with Crippen molar-refractivity contribution >= 4 is 49.1 Å². The van der Waals surface area contributed by atoms with E-state index in [0.717, 1.165) is 71.6 Å². The number of rotatable bonds is 2. The summed E-state index contributed by atoms with van der Waals surface area (Å²) in [6.07, 6.45) is 2.06. The second-order valence-electron chi connectivity index (χ2n) is 9.11. The Morgan fingerprint density at radius 1 is 0.500 bits per heavy atom. The van der Waals surface area contributed by atoms with E-state index >= 15 is 0 Å². The zero-order valence-corrected chi connectivity index (χ0v) is 19.2. The van der Waals surface area contributed by atoms with Gasteiger partial charge >= 0.3 is 0 Å². The molecule has 0 spiro atoms. The van der Waals surface area contributed by atoms with Crippen molar-refractivity contribution in [1.29, 1.82) is 0 Å². The Kier molecular flexibility index (Phi) is 3.91. The van der Waals surface area contributed by atoms with Gasteiger partial charge in [-0.05, 0) is 33.9 Å². The highest BCUT2D eigenvalue weighted by Gasteiger charge is 2.17. The second-order valence-corrected chi connectivity index (χ2v) is 9.11. The van der Waals surface area contributed by atoms with Gasteiger partial charge < -0.3 is 4.42 Å². The number of para-hydroxylation sites is 2. The van der Waals surface area contributed by atoms with Crippen LogP contribution < -0.4 is 0 Å². The molecule has 0 bridgehead atoms. The van der Waals surface area contributed by atoms with Gasteiger partial charge in [-0.3, -0.25) is 4.40 Å². The molecule has 0 aliphatic heterocycles. The molecule has 168 valence electrons. The highest BCUT2D eigenvalue weighted by Crippen LogP contribution is 2.40. The molecule has 0 fully saturated rings. The van der Waals surface area contributed by atoms with Gasteiger partial charge in [0, 0.05) is 33.5 Å². The monoisotopic (exact) mass is 461 g/mol. The maximum Gasteiger partial charge on any atom is 0.168 e. The third-order valence-corrected chi connectivity index (χ3v) is 7.16. The summed E-state index contributed by atoms with van der Waals surface area (Å²) in [5.41, 5.74) is 5.96. The lowest BCUT2D eigenvalue weighted by molar-refractivity contribution is 0.670. The van der Waals surface area contributed by atoms with Crippen LogP contribution in [0.25, 0.3) is 71.6 Å². The van der Waals surface area contributed by atoms with Crippen molar-refractivity contribution in [2.75, 3.05) is 0 Å². The Morgan fingerprint density at radius 3 is 2.06 bits per heavy atom. The van der Waals surface area contributed by atoms with Gasteiger partial charge in [0.25, 0.3) is 0 Å². The van der Waals surface area contributed by atoms with Crippen LogP contribution >= 0.6 is 0 Å². The van der Waals surface area contributed by atoms with Gasteiger partial charge in [0.15, 0.2) is 11.5 Å². The Bertz CT molecular complexity index is 2120. The molecule has 0 aliphatic carbocycles. The maximum absolute atomic E-state index is 6.36. The maximum atomic E-state index is 6.36. The molecule has 4 heteroatoms. The van der Waals surface area contributed by atoms with Crippen LogP contribution in [-0.4, -0.2) is 14.6 Å². The molecule has 0 saturated heterocycles. The van der Waals surface area contributed by atoms with Crippen LogP contribution in [0, 0.1) is 0 Å². The summed E-state index contributed by atoms with van der Waals surface area (Å²) in [6, 6.07) is 37.9. The molecule has 0 unspecified atom stereocenters. The number of aromatic nitrogens is 3. The van der Waals surface area contributed by atoms with Crippen LogP contribution in [-0.2, 0) is 0 Å². The first kappa shape index (κ1) is 19.4. The predicted octanol–water partition coefficient (Wildman–Crippen LogP) is 8.27. The van der Waals surface area contributed by atoms with Crippen molar-refractivity contribution < 1.29 is 4.42 Å². The van der Waals surface area contributed by atoms with Gasteiger partial charge in [-0.1, -0.05) is 97.1 Å². The lowest BCUT2D eigenvalue weighted by Gasteiger charge is -2.11. The van der Waals surface area contributed by atoms with Crippen molar-refractivity contribution in [3.63, 3.8) is 0 Å². The molecule has 0 N–H and O–H groups in total. The Hall–Kier alpha value is -4.96. The minimum Gasteiger partial charge on any atom is -0.455 e. The molecule has 0 aliphatic rings. The average Bonchev–Trinajstić information content (AvgIpc) is 3.54. The highest BCUT2D eigenvalue weighted by molar-refractivity contribution is 6.13. The standard InChI is InChI=1S/C32H19N3O/c1-2-9-21-20(8-1)18-19-35-31(21)33-34-32(35)28-16-6-11-22-23(12-5-13-24(22)28)26-14-7-15-27-25-10-3-4-17-29(25)36-30(26)27/h1-19H. The normalized spacial score (nSPS) is 11.9. The van der Waals surface area contributed by atoms with Gasteiger partial charge in [-0.15, -0.1) is 10.2 Å². The molecule has 36 heavy (non-hydrogen) atoms. The van der Waals surface area contributed by atoms with Crippen molar-refractivity contribution in [1.82, 2.24) is 14.6 Å². The SMILES string of the molecule is c1ccc2c(c1)ccn1c(-c3cccc4c(-c5cccc6c5oc5ccccc56)cccc34)nnc21. The predicted molar refractivity (Wildman–Crippen MR) is 146 cm³/mol. The molecular formula is C32H19N3O. The largest absolute Gasteiger partial charge is 0.455 e. The molecule has 4 nitrogen and oxygen atoms in total. The van der Waals surface area contributed by atoms with E-state index in [4.69, 9.17) is 4.42 Å². The van der Waals surface area contributed by atoms with Crippen molar-refractivity contribution in [2.45, 2.75) is 0 Å².